The normalized spacial score (nSPS) is 13.9. The Labute approximate surface area is 121 Å². The number of halogens is 1. The summed E-state index contributed by atoms with van der Waals surface area (Å²) in [4.78, 5) is 13.0. The Balaban J connectivity index is 1.98. The highest BCUT2D eigenvalue weighted by molar-refractivity contribution is 5.95. The lowest BCUT2D eigenvalue weighted by atomic mass is 9.99. The molecule has 0 saturated carbocycles. The van der Waals surface area contributed by atoms with Gasteiger partial charge in [0.2, 0.25) is 0 Å². The van der Waals surface area contributed by atoms with Gasteiger partial charge >= 0.3 is 5.97 Å². The van der Waals surface area contributed by atoms with Crippen molar-refractivity contribution in [2.75, 3.05) is 17.2 Å². The van der Waals surface area contributed by atoms with Crippen molar-refractivity contribution in [2.24, 2.45) is 0 Å². The SMILES string of the molecule is Nc1cc(F)c(N2CCc3ccccc3C2)cc1C(=O)O. The van der Waals surface area contributed by atoms with Gasteiger partial charge in [0, 0.05) is 18.8 Å². The zero-order valence-electron chi connectivity index (χ0n) is 11.3. The summed E-state index contributed by atoms with van der Waals surface area (Å²) in [6, 6.07) is 10.4. The monoisotopic (exact) mass is 286 g/mol. The average Bonchev–Trinajstić information content (AvgIpc) is 2.46. The highest BCUT2D eigenvalue weighted by atomic mass is 19.1. The van der Waals surface area contributed by atoms with E-state index >= 15 is 0 Å². The van der Waals surface area contributed by atoms with E-state index < -0.39 is 11.8 Å². The van der Waals surface area contributed by atoms with Gasteiger partial charge in [-0.1, -0.05) is 24.3 Å². The minimum Gasteiger partial charge on any atom is -0.478 e. The largest absolute Gasteiger partial charge is 0.478 e. The van der Waals surface area contributed by atoms with Gasteiger partial charge in [0.05, 0.1) is 11.3 Å². The molecule has 1 aliphatic heterocycles. The number of nitrogen functional groups attached to an aromatic ring is 1. The molecular formula is C16H15FN2O2. The lowest BCUT2D eigenvalue weighted by molar-refractivity contribution is 0.0698. The topological polar surface area (TPSA) is 66.6 Å². The highest BCUT2D eigenvalue weighted by Crippen LogP contribution is 2.29. The fourth-order valence-corrected chi connectivity index (χ4v) is 2.71. The molecule has 2 aromatic rings. The Morgan fingerprint density at radius 1 is 1.24 bits per heavy atom. The number of benzene rings is 2. The number of fused-ring (bicyclic) bond motifs is 1. The van der Waals surface area contributed by atoms with Crippen LogP contribution in [-0.2, 0) is 13.0 Å². The molecule has 0 unspecified atom stereocenters. The van der Waals surface area contributed by atoms with Crippen molar-refractivity contribution in [2.45, 2.75) is 13.0 Å². The molecule has 1 aliphatic rings. The van der Waals surface area contributed by atoms with E-state index in [-0.39, 0.29) is 16.9 Å². The summed E-state index contributed by atoms with van der Waals surface area (Å²) >= 11 is 0. The molecule has 0 aromatic heterocycles. The van der Waals surface area contributed by atoms with Crippen molar-refractivity contribution in [1.29, 1.82) is 0 Å². The second-order valence-corrected chi connectivity index (χ2v) is 5.14. The van der Waals surface area contributed by atoms with Gasteiger partial charge in [-0.25, -0.2) is 9.18 Å². The van der Waals surface area contributed by atoms with Crippen molar-refractivity contribution in [3.8, 4) is 0 Å². The van der Waals surface area contributed by atoms with Crippen LogP contribution in [0.2, 0.25) is 0 Å². The molecule has 0 saturated heterocycles. The number of nitrogens with zero attached hydrogens (tertiary/aromatic N) is 1. The van der Waals surface area contributed by atoms with Crippen molar-refractivity contribution < 1.29 is 14.3 Å². The van der Waals surface area contributed by atoms with E-state index in [1.54, 1.807) is 0 Å². The first-order chi connectivity index (χ1) is 10.1. The molecule has 0 radical (unpaired) electrons. The Kier molecular flexibility index (Phi) is 3.25. The van der Waals surface area contributed by atoms with Gasteiger partial charge in [0.25, 0.3) is 0 Å². The van der Waals surface area contributed by atoms with Crippen LogP contribution in [0.15, 0.2) is 36.4 Å². The lowest BCUT2D eigenvalue weighted by Gasteiger charge is -2.31. The Bertz CT molecular complexity index is 715. The summed E-state index contributed by atoms with van der Waals surface area (Å²) in [5.41, 5.74) is 8.12. The van der Waals surface area contributed by atoms with Gasteiger partial charge < -0.3 is 15.7 Å². The van der Waals surface area contributed by atoms with E-state index in [1.807, 2.05) is 23.1 Å². The average molecular weight is 286 g/mol. The minimum absolute atomic E-state index is 0.0545. The molecule has 108 valence electrons. The molecule has 3 N–H and O–H groups in total. The number of carboxylic acid groups (broad SMARTS) is 1. The van der Waals surface area contributed by atoms with E-state index in [2.05, 4.69) is 6.07 Å². The smallest absolute Gasteiger partial charge is 0.337 e. The predicted octanol–water partition coefficient (Wildman–Crippen LogP) is 2.67. The first-order valence-electron chi connectivity index (χ1n) is 6.70. The second-order valence-electron chi connectivity index (χ2n) is 5.14. The molecule has 0 spiro atoms. The summed E-state index contributed by atoms with van der Waals surface area (Å²) < 4.78 is 14.1. The molecule has 0 aliphatic carbocycles. The third-order valence-electron chi connectivity index (χ3n) is 3.82. The first kappa shape index (κ1) is 13.4. The molecule has 3 rings (SSSR count). The van der Waals surface area contributed by atoms with Crippen LogP contribution in [0.3, 0.4) is 0 Å². The number of anilines is 2. The summed E-state index contributed by atoms with van der Waals surface area (Å²) in [5, 5.41) is 9.12. The van der Waals surface area contributed by atoms with E-state index in [0.717, 1.165) is 18.1 Å². The fourth-order valence-electron chi connectivity index (χ4n) is 2.71. The van der Waals surface area contributed by atoms with Crippen molar-refractivity contribution in [3.63, 3.8) is 0 Å². The third-order valence-corrected chi connectivity index (χ3v) is 3.82. The number of carboxylic acids is 1. The molecule has 4 nitrogen and oxygen atoms in total. The van der Waals surface area contributed by atoms with Crippen LogP contribution in [0, 0.1) is 5.82 Å². The van der Waals surface area contributed by atoms with E-state index in [1.165, 1.54) is 11.6 Å². The molecule has 0 bridgehead atoms. The van der Waals surface area contributed by atoms with E-state index in [4.69, 9.17) is 10.8 Å². The van der Waals surface area contributed by atoms with E-state index in [0.29, 0.717) is 13.1 Å². The lowest BCUT2D eigenvalue weighted by Crippen LogP contribution is -2.31. The van der Waals surface area contributed by atoms with Crippen LogP contribution in [0.5, 0.6) is 0 Å². The molecule has 2 aromatic carbocycles. The number of nitrogens with two attached hydrogens (primary N) is 1. The molecule has 5 heteroatoms. The standard InChI is InChI=1S/C16H15FN2O2/c17-13-8-14(18)12(16(20)21)7-15(13)19-6-5-10-3-1-2-4-11(10)9-19/h1-4,7-8H,5-6,9,18H2,(H,20,21). The maximum Gasteiger partial charge on any atom is 0.337 e. The van der Waals surface area contributed by atoms with Crippen LogP contribution < -0.4 is 10.6 Å². The quantitative estimate of drug-likeness (QED) is 0.833. The highest BCUT2D eigenvalue weighted by Gasteiger charge is 2.21. The third kappa shape index (κ3) is 2.42. The minimum atomic E-state index is -1.15. The van der Waals surface area contributed by atoms with Gasteiger partial charge in [0.15, 0.2) is 0 Å². The molecule has 21 heavy (non-hydrogen) atoms. The fraction of sp³-hybridized carbons (Fsp3) is 0.188. The van der Waals surface area contributed by atoms with Gasteiger partial charge in [-0.3, -0.25) is 0 Å². The number of hydrogen-bond acceptors (Lipinski definition) is 3. The van der Waals surface area contributed by atoms with Gasteiger partial charge in [-0.15, -0.1) is 0 Å². The molecule has 1 heterocycles. The summed E-state index contributed by atoms with van der Waals surface area (Å²) in [6.07, 6.45) is 0.808. The van der Waals surface area contributed by atoms with Gasteiger partial charge in [-0.05, 0) is 29.7 Å². The van der Waals surface area contributed by atoms with Gasteiger partial charge in [-0.2, -0.15) is 0 Å². The Hall–Kier alpha value is -2.56. The summed E-state index contributed by atoms with van der Waals surface area (Å²) in [6.45, 7) is 1.22. The molecule has 0 fully saturated rings. The first-order valence-corrected chi connectivity index (χ1v) is 6.70. The second kappa shape index (κ2) is 5.09. The number of aromatic carboxylic acids is 1. The van der Waals surface area contributed by atoms with Crippen LogP contribution in [0.1, 0.15) is 21.5 Å². The zero-order valence-corrected chi connectivity index (χ0v) is 11.3. The molecule has 0 amide bonds. The number of carbonyl (C=O) groups is 1. The van der Waals surface area contributed by atoms with E-state index in [9.17, 15) is 9.18 Å². The number of rotatable bonds is 2. The molecular weight excluding hydrogens is 271 g/mol. The molecule has 0 atom stereocenters. The maximum atomic E-state index is 14.1. The predicted molar refractivity (Wildman–Crippen MR) is 79.0 cm³/mol. The van der Waals surface area contributed by atoms with Crippen LogP contribution >= 0.6 is 0 Å². The van der Waals surface area contributed by atoms with Crippen LogP contribution in [0.25, 0.3) is 0 Å². The van der Waals surface area contributed by atoms with Crippen molar-refractivity contribution >= 4 is 17.3 Å². The van der Waals surface area contributed by atoms with Gasteiger partial charge in [0.1, 0.15) is 5.82 Å². The van der Waals surface area contributed by atoms with Crippen LogP contribution in [-0.4, -0.2) is 17.6 Å². The number of hydrogen-bond donors (Lipinski definition) is 2. The van der Waals surface area contributed by atoms with Crippen molar-refractivity contribution in [3.05, 3.63) is 58.9 Å². The van der Waals surface area contributed by atoms with Crippen LogP contribution in [0.4, 0.5) is 15.8 Å². The summed E-state index contributed by atoms with van der Waals surface area (Å²) in [5.74, 6) is -1.64. The Morgan fingerprint density at radius 3 is 2.67 bits per heavy atom. The Morgan fingerprint density at radius 2 is 1.95 bits per heavy atom. The zero-order chi connectivity index (χ0) is 15.0. The summed E-state index contributed by atoms with van der Waals surface area (Å²) in [7, 11) is 0. The van der Waals surface area contributed by atoms with Crippen molar-refractivity contribution in [1.82, 2.24) is 0 Å². The maximum absolute atomic E-state index is 14.1.